The highest BCUT2D eigenvalue weighted by Gasteiger charge is 2.53. The lowest BCUT2D eigenvalue weighted by Crippen LogP contribution is -2.74. The van der Waals surface area contributed by atoms with E-state index in [-0.39, 0.29) is 35.1 Å². The maximum Gasteiger partial charge on any atom is 0.305 e. The molecule has 0 bridgehead atoms. The average Bonchev–Trinajstić information content (AvgIpc) is 1.52. The molecular weight excluding hydrogens is 1190 g/mol. The highest BCUT2D eigenvalue weighted by atomic mass is 32.2. The number of nitrogens with one attached hydrogen (secondary N) is 6. The van der Waals surface area contributed by atoms with Crippen molar-refractivity contribution in [3.63, 3.8) is 0 Å². The van der Waals surface area contributed by atoms with Crippen molar-refractivity contribution in [3.8, 4) is 0 Å². The third kappa shape index (κ3) is 15.4. The summed E-state index contributed by atoms with van der Waals surface area (Å²) in [6, 6.07) is 21.7. The Morgan fingerprint density at radius 3 is 2.09 bits per heavy atom. The van der Waals surface area contributed by atoms with Crippen molar-refractivity contribution in [1.29, 1.82) is 0 Å². The molecule has 0 spiro atoms. The minimum atomic E-state index is -4.53. The lowest BCUT2D eigenvalue weighted by Gasteiger charge is -2.47. The first-order chi connectivity index (χ1) is 42.6. The second-order valence-electron chi connectivity index (χ2n) is 24.0. The Labute approximate surface area is 524 Å². The standard InChI is InChI=1S/C66H78N8O14S2/c1-7-67-54(64(3,4)50-23-19-20-42-28-31-46(36-48(42)50)89(83,84)85)25-13-9-14-26-55-65(5,6)58-49-37-47(90(86,87)88)32-29-43(49)30-33-53(58)74(55)35-18-10-15-27-56(76)68-34-17-16-24-51-61(80)70-41(2)60(79)69-40-45(75)39-66(44-21-11-8-12-22-44)59(63(82)71-51)72-62(81)52(73-66)38-57(77)78/h8-9,11-14,19-23,25-26,28-33,36-37,41,51-52,59,73H,7,10,15-18,24,27,34-35,38-40H2,1-6H3,(H,68,76)(H,69,79)(H,70,80)(H,71,82)(H,72,81)(H,77,78)(H,83,84,85)(H,86,87,88)/b14-9+,25-13+,55-26+,67-54+/t41-,51-,52-,59-,66?/m0/s1. The van der Waals surface area contributed by atoms with Gasteiger partial charge in [0.1, 0.15) is 18.1 Å². The van der Waals surface area contributed by atoms with Crippen LogP contribution in [0.25, 0.3) is 21.5 Å². The smallest absolute Gasteiger partial charge is 0.305 e. The zero-order chi connectivity index (χ0) is 65.3. The van der Waals surface area contributed by atoms with Crippen LogP contribution in [0.15, 0.2) is 148 Å². The first-order valence-electron chi connectivity index (χ1n) is 30.0. The van der Waals surface area contributed by atoms with Crippen molar-refractivity contribution < 1.29 is 64.6 Å². The molecule has 0 aliphatic carbocycles. The van der Waals surface area contributed by atoms with Crippen molar-refractivity contribution >= 4 is 94.5 Å². The molecular formula is C66H78N8O14S2. The number of anilines is 1. The summed E-state index contributed by atoms with van der Waals surface area (Å²) in [5, 5.41) is 29.0. The number of amides is 5. The lowest BCUT2D eigenvalue weighted by atomic mass is 9.75. The molecule has 0 aromatic heterocycles. The summed E-state index contributed by atoms with van der Waals surface area (Å²) in [6.45, 7) is 12.3. The molecule has 9 N–H and O–H groups in total. The van der Waals surface area contributed by atoms with E-state index in [2.05, 4.69) is 50.6 Å². The van der Waals surface area contributed by atoms with Gasteiger partial charge >= 0.3 is 5.97 Å². The summed E-state index contributed by atoms with van der Waals surface area (Å²) >= 11 is 0. The summed E-state index contributed by atoms with van der Waals surface area (Å²) in [5.41, 5.74) is 1.53. The van der Waals surface area contributed by atoms with E-state index in [4.69, 9.17) is 4.99 Å². The number of rotatable bonds is 22. The maximum atomic E-state index is 14.4. The number of carboxylic acid groups (broad SMARTS) is 1. The first kappa shape index (κ1) is 67.5. The minimum absolute atomic E-state index is 0.0533. The number of aliphatic carboxylic acids is 1. The van der Waals surface area contributed by atoms with Gasteiger partial charge in [-0.25, -0.2) is 0 Å². The third-order valence-corrected chi connectivity index (χ3v) is 18.6. The van der Waals surface area contributed by atoms with E-state index >= 15 is 0 Å². The van der Waals surface area contributed by atoms with Gasteiger partial charge in [-0.1, -0.05) is 119 Å². The second-order valence-corrected chi connectivity index (χ2v) is 26.8. The van der Waals surface area contributed by atoms with Crippen LogP contribution in [0.1, 0.15) is 116 Å². The Hall–Kier alpha value is -8.42. The lowest BCUT2D eigenvalue weighted by molar-refractivity contribution is -0.144. The molecule has 5 atom stereocenters. The molecule has 8 rings (SSSR count). The first-order valence-corrected chi connectivity index (χ1v) is 32.9. The van der Waals surface area contributed by atoms with E-state index < -0.39 is 116 Å². The number of benzene rings is 5. The van der Waals surface area contributed by atoms with E-state index in [1.807, 2.05) is 81.5 Å². The van der Waals surface area contributed by atoms with Gasteiger partial charge in [0, 0.05) is 60.4 Å². The molecule has 90 heavy (non-hydrogen) atoms. The number of hydrogen-bond donors (Lipinski definition) is 9. The summed E-state index contributed by atoms with van der Waals surface area (Å²) < 4.78 is 69.1. The maximum absolute atomic E-state index is 14.4. The van der Waals surface area contributed by atoms with E-state index in [1.54, 1.807) is 42.5 Å². The summed E-state index contributed by atoms with van der Waals surface area (Å²) in [6.07, 6.45) is 11.4. The number of carbonyl (C=O) groups excluding carboxylic acids is 6. The van der Waals surface area contributed by atoms with Gasteiger partial charge in [-0.3, -0.25) is 53.0 Å². The number of ketones is 1. The molecule has 478 valence electrons. The molecule has 24 heteroatoms. The fourth-order valence-electron chi connectivity index (χ4n) is 12.4. The zero-order valence-corrected chi connectivity index (χ0v) is 52.8. The van der Waals surface area contributed by atoms with Crippen LogP contribution < -0.4 is 36.8 Å². The normalized spacial score (nSPS) is 21.7. The van der Waals surface area contributed by atoms with Crippen LogP contribution in [0.3, 0.4) is 0 Å². The van der Waals surface area contributed by atoms with Gasteiger partial charge in [-0.2, -0.15) is 16.8 Å². The molecule has 1 unspecified atom stereocenters. The number of unbranched alkanes of at least 4 members (excludes halogenated alkanes) is 3. The molecule has 3 aliphatic heterocycles. The van der Waals surface area contributed by atoms with Gasteiger partial charge in [0.25, 0.3) is 20.2 Å². The molecule has 2 saturated heterocycles. The number of fused-ring (bicyclic) bond motifs is 5. The molecule has 5 aromatic carbocycles. The minimum Gasteiger partial charge on any atom is -0.481 e. The van der Waals surface area contributed by atoms with Crippen LogP contribution in [0, 0.1) is 0 Å². The number of hydrogen-bond acceptors (Lipinski definition) is 14. The number of Topliss-reactive ketones (excluding diaryl/α,β-unsaturated/α-hetero) is 1. The number of piperazine rings is 1. The van der Waals surface area contributed by atoms with E-state index in [9.17, 15) is 64.6 Å². The topological polar surface area (TPSA) is 336 Å². The van der Waals surface area contributed by atoms with Gasteiger partial charge in [0.2, 0.25) is 29.5 Å². The number of nitrogens with zero attached hydrogens (tertiary/aromatic N) is 2. The molecule has 0 saturated carbocycles. The zero-order valence-electron chi connectivity index (χ0n) is 51.2. The monoisotopic (exact) mass is 1270 g/mol. The predicted octanol–water partition coefficient (Wildman–Crippen LogP) is 6.77. The molecule has 22 nitrogen and oxygen atoms in total. The highest BCUT2D eigenvalue weighted by molar-refractivity contribution is 7.86. The molecule has 5 aromatic rings. The van der Waals surface area contributed by atoms with E-state index in [0.717, 1.165) is 39.0 Å². The van der Waals surface area contributed by atoms with Crippen LogP contribution in [-0.2, 0) is 70.2 Å². The number of allylic oxidation sites excluding steroid dienone is 6. The van der Waals surface area contributed by atoms with Gasteiger partial charge < -0.3 is 36.6 Å². The van der Waals surface area contributed by atoms with Crippen LogP contribution >= 0.6 is 0 Å². The van der Waals surface area contributed by atoms with Crippen molar-refractivity contribution in [1.82, 2.24) is 31.9 Å². The van der Waals surface area contributed by atoms with Crippen molar-refractivity contribution in [2.24, 2.45) is 4.99 Å². The van der Waals surface area contributed by atoms with Crippen molar-refractivity contribution in [2.75, 3.05) is 31.1 Å². The predicted molar refractivity (Wildman–Crippen MR) is 342 cm³/mol. The Balaban J connectivity index is 0.920. The van der Waals surface area contributed by atoms with Crippen molar-refractivity contribution in [3.05, 3.63) is 150 Å². The largest absolute Gasteiger partial charge is 0.481 e. The number of aliphatic imine (C=N–C) groups is 1. The summed E-state index contributed by atoms with van der Waals surface area (Å²) in [7, 11) is -8.98. The molecule has 5 amide bonds. The Morgan fingerprint density at radius 2 is 1.41 bits per heavy atom. The molecule has 3 aliphatic rings. The number of carbonyl (C=O) groups is 7. The fourth-order valence-corrected chi connectivity index (χ4v) is 13.4. The average molecular weight is 1270 g/mol. The van der Waals surface area contributed by atoms with Crippen LogP contribution in [-0.4, -0.2) is 128 Å². The van der Waals surface area contributed by atoms with Crippen LogP contribution in [0.2, 0.25) is 0 Å². The van der Waals surface area contributed by atoms with Gasteiger partial charge in [-0.15, -0.1) is 0 Å². The van der Waals surface area contributed by atoms with Crippen LogP contribution in [0.5, 0.6) is 0 Å². The molecule has 3 heterocycles. The molecule has 2 fully saturated rings. The van der Waals surface area contributed by atoms with Gasteiger partial charge in [-0.05, 0) is 127 Å². The SMILES string of the molecule is CC\N=C(/C=C/C=C/C=C1/N(CCCCCC(=O)NCCCC[C@@H]2NC(=O)[C@@H]3NC(=O)[C@H](CC(=O)O)NC3(c3ccccc3)CC(=O)CNC(=O)[C@H](C)NC2=O)c2ccc3ccc(S(=O)(=O)O)cc3c2C1(C)C)C(C)(C)c1cccc2ccc(S(=O)(=O)O)cc12. The van der Waals surface area contributed by atoms with E-state index in [0.29, 0.717) is 61.5 Å². The fraction of sp³-hybridized carbons (Fsp3) is 0.394. The summed E-state index contributed by atoms with van der Waals surface area (Å²) in [4.78, 5) is 100. The van der Waals surface area contributed by atoms with E-state index in [1.165, 1.54) is 31.2 Å². The summed E-state index contributed by atoms with van der Waals surface area (Å²) in [5.74, 6) is -5.02. The quantitative estimate of drug-likeness (QED) is 0.0149. The van der Waals surface area contributed by atoms with Gasteiger partial charge in [0.05, 0.1) is 34.3 Å². The number of carboxylic acids is 1. The van der Waals surface area contributed by atoms with Crippen LogP contribution in [0.4, 0.5) is 5.69 Å². The third-order valence-electron chi connectivity index (χ3n) is 16.9. The second kappa shape index (κ2) is 28.2. The molecule has 0 radical (unpaired) electrons. The highest BCUT2D eigenvalue weighted by Crippen LogP contribution is 2.51. The Morgan fingerprint density at radius 1 is 0.744 bits per heavy atom. The van der Waals surface area contributed by atoms with Crippen molar-refractivity contribution in [2.45, 2.75) is 150 Å². The Kier molecular flexibility index (Phi) is 21.1. The Bertz CT molecular complexity index is 3980. The van der Waals surface area contributed by atoms with Gasteiger partial charge in [0.15, 0.2) is 5.78 Å².